The lowest BCUT2D eigenvalue weighted by molar-refractivity contribution is 0.373. The molecule has 106 valence electrons. The molecule has 1 aliphatic rings. The molecule has 0 aromatic heterocycles. The number of ether oxygens (including phenoxy) is 1. The summed E-state index contributed by atoms with van der Waals surface area (Å²) in [5.41, 5.74) is 3.06. The molecule has 0 saturated carbocycles. The molecule has 2 rings (SSSR count). The van der Waals surface area contributed by atoms with Gasteiger partial charge in [-0.1, -0.05) is 6.07 Å². The first-order valence-electron chi connectivity index (χ1n) is 6.39. The molecule has 1 aromatic carbocycles. The molecular formula is C16H15N3O2. The van der Waals surface area contributed by atoms with Crippen molar-refractivity contribution in [3.05, 3.63) is 46.3 Å². The fourth-order valence-corrected chi connectivity index (χ4v) is 2.51. The van der Waals surface area contributed by atoms with Crippen LogP contribution in [-0.2, 0) is 0 Å². The number of nitriles is 2. The number of methoxy groups -OCH3 is 1. The molecule has 0 amide bonds. The van der Waals surface area contributed by atoms with E-state index in [-0.39, 0.29) is 5.75 Å². The van der Waals surface area contributed by atoms with Crippen LogP contribution in [0.15, 0.2) is 40.7 Å². The Kier molecular flexibility index (Phi) is 3.86. The maximum Gasteiger partial charge on any atom is 0.160 e. The summed E-state index contributed by atoms with van der Waals surface area (Å²) in [5.74, 6) is -0.137. The second-order valence-corrected chi connectivity index (χ2v) is 4.79. The van der Waals surface area contributed by atoms with Crippen molar-refractivity contribution in [2.75, 3.05) is 7.11 Å². The minimum absolute atomic E-state index is 0.0154. The van der Waals surface area contributed by atoms with Crippen molar-refractivity contribution in [3.63, 3.8) is 0 Å². The van der Waals surface area contributed by atoms with Crippen molar-refractivity contribution >= 4 is 0 Å². The predicted molar refractivity (Wildman–Crippen MR) is 77.2 cm³/mol. The Bertz CT molecular complexity index is 697. The topological polar surface area (TPSA) is 89.1 Å². The van der Waals surface area contributed by atoms with Gasteiger partial charge < -0.3 is 15.2 Å². The van der Waals surface area contributed by atoms with Crippen molar-refractivity contribution < 1.29 is 9.84 Å². The number of hydrogen-bond acceptors (Lipinski definition) is 5. The molecule has 21 heavy (non-hydrogen) atoms. The van der Waals surface area contributed by atoms with Crippen LogP contribution in [0.5, 0.6) is 11.5 Å². The number of allylic oxidation sites excluding steroid dienone is 4. The second-order valence-electron chi connectivity index (χ2n) is 4.79. The van der Waals surface area contributed by atoms with Gasteiger partial charge in [-0.15, -0.1) is 0 Å². The molecule has 1 aliphatic heterocycles. The van der Waals surface area contributed by atoms with Gasteiger partial charge in [-0.05, 0) is 31.5 Å². The number of nitrogens with zero attached hydrogens (tertiary/aromatic N) is 2. The normalized spacial score (nSPS) is 15.3. The van der Waals surface area contributed by atoms with Crippen LogP contribution in [0.2, 0.25) is 0 Å². The van der Waals surface area contributed by atoms with E-state index in [1.165, 1.54) is 13.2 Å². The van der Waals surface area contributed by atoms with Crippen molar-refractivity contribution in [1.29, 1.82) is 10.5 Å². The third-order valence-electron chi connectivity index (χ3n) is 3.54. The van der Waals surface area contributed by atoms with E-state index in [1.807, 2.05) is 0 Å². The second kappa shape index (κ2) is 5.60. The molecule has 1 heterocycles. The zero-order chi connectivity index (χ0) is 15.6. The van der Waals surface area contributed by atoms with Gasteiger partial charge in [0.25, 0.3) is 0 Å². The first-order chi connectivity index (χ1) is 10.0. The van der Waals surface area contributed by atoms with E-state index in [0.29, 0.717) is 33.9 Å². The molecular weight excluding hydrogens is 266 g/mol. The molecule has 2 N–H and O–H groups in total. The van der Waals surface area contributed by atoms with Gasteiger partial charge in [-0.25, -0.2) is 0 Å². The molecule has 0 saturated heterocycles. The fourth-order valence-electron chi connectivity index (χ4n) is 2.51. The van der Waals surface area contributed by atoms with E-state index in [0.717, 1.165) is 0 Å². The SMILES string of the molecule is COc1ccc(C2C(C#N)=C(C)NC(C)=C2C#N)cc1O. The average molecular weight is 281 g/mol. The molecule has 0 aliphatic carbocycles. The predicted octanol–water partition coefficient (Wildman–Crippen LogP) is 2.68. The molecule has 0 fully saturated rings. The number of aromatic hydroxyl groups is 1. The number of nitrogens with one attached hydrogen (secondary N) is 1. The maximum atomic E-state index is 9.93. The summed E-state index contributed by atoms with van der Waals surface area (Å²) in [6.45, 7) is 3.60. The molecule has 0 atom stereocenters. The third kappa shape index (κ3) is 2.42. The van der Waals surface area contributed by atoms with Gasteiger partial charge in [0, 0.05) is 11.4 Å². The van der Waals surface area contributed by atoms with Crippen LogP contribution in [-0.4, -0.2) is 12.2 Å². The Morgan fingerprint density at radius 3 is 2.14 bits per heavy atom. The van der Waals surface area contributed by atoms with Gasteiger partial charge in [-0.3, -0.25) is 0 Å². The van der Waals surface area contributed by atoms with Gasteiger partial charge in [0.05, 0.1) is 36.3 Å². The summed E-state index contributed by atoms with van der Waals surface area (Å²) in [4.78, 5) is 0. The van der Waals surface area contributed by atoms with E-state index in [1.54, 1.807) is 26.0 Å². The first kappa shape index (κ1) is 14.5. The summed E-state index contributed by atoms with van der Waals surface area (Å²) in [6, 6.07) is 9.22. The highest BCUT2D eigenvalue weighted by Crippen LogP contribution is 2.39. The highest BCUT2D eigenvalue weighted by molar-refractivity contribution is 5.57. The number of dihydropyridines is 1. The summed E-state index contributed by atoms with van der Waals surface area (Å²) >= 11 is 0. The number of rotatable bonds is 2. The molecule has 0 bridgehead atoms. The van der Waals surface area contributed by atoms with Crippen molar-refractivity contribution in [1.82, 2.24) is 5.32 Å². The van der Waals surface area contributed by atoms with Crippen molar-refractivity contribution in [2.24, 2.45) is 0 Å². The Morgan fingerprint density at radius 1 is 1.14 bits per heavy atom. The van der Waals surface area contributed by atoms with E-state index in [4.69, 9.17) is 4.74 Å². The molecule has 1 aromatic rings. The van der Waals surface area contributed by atoms with Gasteiger partial charge in [-0.2, -0.15) is 10.5 Å². The lowest BCUT2D eigenvalue weighted by atomic mass is 9.81. The summed E-state index contributed by atoms with van der Waals surface area (Å²) in [7, 11) is 1.47. The highest BCUT2D eigenvalue weighted by Gasteiger charge is 2.29. The Balaban J connectivity index is 2.62. The Morgan fingerprint density at radius 2 is 1.71 bits per heavy atom. The van der Waals surface area contributed by atoms with E-state index in [2.05, 4.69) is 17.5 Å². The number of phenols is 1. The Labute approximate surface area is 123 Å². The number of benzene rings is 1. The van der Waals surface area contributed by atoms with Gasteiger partial charge in [0.1, 0.15) is 0 Å². The van der Waals surface area contributed by atoms with Crippen LogP contribution in [0.3, 0.4) is 0 Å². The van der Waals surface area contributed by atoms with Crippen LogP contribution >= 0.6 is 0 Å². The molecule has 0 radical (unpaired) electrons. The van der Waals surface area contributed by atoms with Crippen molar-refractivity contribution in [2.45, 2.75) is 19.8 Å². The minimum atomic E-state index is -0.474. The summed E-state index contributed by atoms with van der Waals surface area (Å²) < 4.78 is 5.02. The van der Waals surface area contributed by atoms with Crippen LogP contribution in [0.1, 0.15) is 25.3 Å². The largest absolute Gasteiger partial charge is 0.504 e. The monoisotopic (exact) mass is 281 g/mol. The van der Waals surface area contributed by atoms with E-state index < -0.39 is 5.92 Å². The fraction of sp³-hybridized carbons (Fsp3) is 0.250. The standard InChI is InChI=1S/C16H15N3O2/c1-9-12(7-17)16(13(8-18)10(2)19-9)11-4-5-15(21-3)14(20)6-11/h4-6,16,19-20H,1-3H3. The van der Waals surface area contributed by atoms with E-state index >= 15 is 0 Å². The Hall–Kier alpha value is -2.92. The van der Waals surface area contributed by atoms with Crippen LogP contribution in [0, 0.1) is 22.7 Å². The number of phenolic OH excluding ortho intramolecular Hbond substituents is 1. The van der Waals surface area contributed by atoms with Crippen LogP contribution in [0.25, 0.3) is 0 Å². The van der Waals surface area contributed by atoms with Crippen molar-refractivity contribution in [3.8, 4) is 23.6 Å². The van der Waals surface area contributed by atoms with E-state index in [9.17, 15) is 15.6 Å². The number of hydrogen-bond donors (Lipinski definition) is 2. The van der Waals surface area contributed by atoms with Gasteiger partial charge in [0.15, 0.2) is 11.5 Å². The zero-order valence-corrected chi connectivity index (χ0v) is 12.1. The lowest BCUT2D eigenvalue weighted by Gasteiger charge is -2.26. The van der Waals surface area contributed by atoms with Gasteiger partial charge in [0.2, 0.25) is 0 Å². The molecule has 5 nitrogen and oxygen atoms in total. The average Bonchev–Trinajstić information content (AvgIpc) is 2.46. The molecule has 0 spiro atoms. The molecule has 5 heteroatoms. The maximum absolute atomic E-state index is 9.93. The van der Waals surface area contributed by atoms with Gasteiger partial charge >= 0.3 is 0 Å². The smallest absolute Gasteiger partial charge is 0.160 e. The quantitative estimate of drug-likeness (QED) is 0.870. The lowest BCUT2D eigenvalue weighted by Crippen LogP contribution is -2.23. The highest BCUT2D eigenvalue weighted by atomic mass is 16.5. The molecule has 0 unspecified atom stereocenters. The van der Waals surface area contributed by atoms with Crippen LogP contribution in [0.4, 0.5) is 0 Å². The first-order valence-corrected chi connectivity index (χ1v) is 6.39. The third-order valence-corrected chi connectivity index (χ3v) is 3.54. The summed E-state index contributed by atoms with van der Waals surface area (Å²) in [5, 5.41) is 31.8. The van der Waals surface area contributed by atoms with Crippen LogP contribution < -0.4 is 10.1 Å². The minimum Gasteiger partial charge on any atom is -0.504 e. The summed E-state index contributed by atoms with van der Waals surface area (Å²) in [6.07, 6.45) is 0. The zero-order valence-electron chi connectivity index (χ0n) is 12.1.